The van der Waals surface area contributed by atoms with Crippen LogP contribution >= 0.6 is 0 Å². The lowest BCUT2D eigenvalue weighted by Gasteiger charge is -2.47. The number of anilines is 3. The van der Waals surface area contributed by atoms with Crippen LogP contribution in [0, 0.1) is 5.92 Å². The number of hydrogen-bond donors (Lipinski definition) is 1. The summed E-state index contributed by atoms with van der Waals surface area (Å²) in [5.74, 6) is 1.10. The van der Waals surface area contributed by atoms with Crippen LogP contribution in [0.4, 0.5) is 17.3 Å². The van der Waals surface area contributed by atoms with Gasteiger partial charge in [0.25, 0.3) is 5.56 Å². The molecule has 7 heteroatoms. The minimum atomic E-state index is -0.120. The van der Waals surface area contributed by atoms with E-state index < -0.39 is 0 Å². The summed E-state index contributed by atoms with van der Waals surface area (Å²) in [7, 11) is 2.18. The van der Waals surface area contributed by atoms with Crippen LogP contribution in [-0.4, -0.2) is 52.7 Å². The van der Waals surface area contributed by atoms with E-state index in [0.717, 1.165) is 55.7 Å². The van der Waals surface area contributed by atoms with Crippen LogP contribution in [-0.2, 0) is 5.54 Å². The molecule has 3 heterocycles. The number of hydrogen-bond acceptors (Lipinski definition) is 6. The summed E-state index contributed by atoms with van der Waals surface area (Å²) in [6.07, 6.45) is 14.0. The molecule has 1 saturated heterocycles. The molecule has 1 aromatic carbocycles. The van der Waals surface area contributed by atoms with Crippen molar-refractivity contribution in [3.8, 4) is 0 Å². The van der Waals surface area contributed by atoms with Gasteiger partial charge in [0.05, 0.1) is 5.54 Å². The van der Waals surface area contributed by atoms with Crippen LogP contribution in [0.25, 0.3) is 11.0 Å². The van der Waals surface area contributed by atoms with Crippen molar-refractivity contribution in [2.75, 3.05) is 43.4 Å². The maximum Gasteiger partial charge on any atom is 0.252 e. The first-order chi connectivity index (χ1) is 18.1. The van der Waals surface area contributed by atoms with Crippen molar-refractivity contribution in [2.24, 2.45) is 5.92 Å². The highest BCUT2D eigenvalue weighted by Gasteiger charge is 2.43. The van der Waals surface area contributed by atoms with Crippen LogP contribution in [0.2, 0.25) is 0 Å². The maximum absolute atomic E-state index is 13.5. The standard InChI is InChI=1S/C30H40N6O/c1-34-18-20-35(21-19-34)26-13-11-25(12-14-26)32-29-31-22-23-10-15-27(37)36(28(23)33-29)30(16-6-3-7-17-30)24-8-4-2-5-9-24/h10-15,22,24H,2-9,16-21H2,1H3,(H,31,32,33). The second-order valence-electron chi connectivity index (χ2n) is 11.4. The van der Waals surface area contributed by atoms with Gasteiger partial charge in [0.15, 0.2) is 0 Å². The van der Waals surface area contributed by atoms with Gasteiger partial charge in [-0.05, 0) is 69.0 Å². The number of benzene rings is 1. The number of aromatic nitrogens is 3. The monoisotopic (exact) mass is 500 g/mol. The molecule has 0 spiro atoms. The molecule has 3 fully saturated rings. The fraction of sp³-hybridized carbons (Fsp3) is 0.567. The summed E-state index contributed by atoms with van der Waals surface area (Å²) in [4.78, 5) is 27.9. The maximum atomic E-state index is 13.5. The fourth-order valence-electron chi connectivity index (χ4n) is 7.08. The molecule has 1 N–H and O–H groups in total. The average molecular weight is 501 g/mol. The zero-order chi connectivity index (χ0) is 25.2. The first kappa shape index (κ1) is 24.4. The highest BCUT2D eigenvalue weighted by atomic mass is 16.1. The highest BCUT2D eigenvalue weighted by Crippen LogP contribution is 2.47. The largest absolute Gasteiger partial charge is 0.369 e. The quantitative estimate of drug-likeness (QED) is 0.497. The number of piperazine rings is 1. The van der Waals surface area contributed by atoms with E-state index in [2.05, 4.69) is 56.0 Å². The first-order valence-electron chi connectivity index (χ1n) is 14.3. The van der Waals surface area contributed by atoms with E-state index in [-0.39, 0.29) is 11.1 Å². The SMILES string of the molecule is CN1CCN(c2ccc(Nc3ncc4ccc(=O)n(C5(C6CCCCC6)CCCCC5)c4n3)cc2)CC1. The number of fused-ring (bicyclic) bond motifs is 1. The molecule has 0 radical (unpaired) electrons. The van der Waals surface area contributed by atoms with Crippen molar-refractivity contribution in [2.45, 2.75) is 69.7 Å². The number of rotatable bonds is 5. The number of nitrogens with one attached hydrogen (secondary N) is 1. The van der Waals surface area contributed by atoms with Gasteiger partial charge in [-0.2, -0.15) is 4.98 Å². The second-order valence-corrected chi connectivity index (χ2v) is 11.4. The number of pyridine rings is 1. The van der Waals surface area contributed by atoms with Gasteiger partial charge < -0.3 is 15.1 Å². The molecule has 3 aliphatic rings. The molecule has 0 bridgehead atoms. The van der Waals surface area contributed by atoms with Gasteiger partial charge in [-0.3, -0.25) is 9.36 Å². The van der Waals surface area contributed by atoms with Gasteiger partial charge in [0.1, 0.15) is 5.65 Å². The third kappa shape index (κ3) is 4.86. The van der Waals surface area contributed by atoms with Crippen LogP contribution in [0.5, 0.6) is 0 Å². The molecule has 196 valence electrons. The van der Waals surface area contributed by atoms with E-state index in [1.807, 2.05) is 12.3 Å². The molecule has 7 nitrogen and oxygen atoms in total. The van der Waals surface area contributed by atoms with Gasteiger partial charge in [-0.25, -0.2) is 4.98 Å². The Morgan fingerprint density at radius 3 is 2.30 bits per heavy atom. The Kier molecular flexibility index (Phi) is 6.89. The Balaban J connectivity index is 1.32. The Hall–Kier alpha value is -2.93. The van der Waals surface area contributed by atoms with Gasteiger partial charge in [0, 0.05) is 55.2 Å². The Bertz CT molecular complexity index is 1270. The molecule has 0 atom stereocenters. The molecule has 6 rings (SSSR count). The highest BCUT2D eigenvalue weighted by molar-refractivity contribution is 5.76. The molecular weight excluding hydrogens is 460 g/mol. The topological polar surface area (TPSA) is 66.3 Å². The smallest absolute Gasteiger partial charge is 0.252 e. The lowest BCUT2D eigenvalue weighted by atomic mass is 9.67. The summed E-state index contributed by atoms with van der Waals surface area (Å²) in [6, 6.07) is 12.2. The molecule has 3 aromatic rings. The van der Waals surface area contributed by atoms with Crippen molar-refractivity contribution in [3.05, 3.63) is 52.9 Å². The van der Waals surface area contributed by atoms with Crippen LogP contribution < -0.4 is 15.8 Å². The Morgan fingerprint density at radius 2 is 1.57 bits per heavy atom. The first-order valence-corrected chi connectivity index (χ1v) is 14.3. The minimum absolute atomic E-state index is 0.0844. The van der Waals surface area contributed by atoms with Crippen molar-refractivity contribution in [1.82, 2.24) is 19.4 Å². The Morgan fingerprint density at radius 1 is 0.865 bits per heavy atom. The van der Waals surface area contributed by atoms with Gasteiger partial charge >= 0.3 is 0 Å². The van der Waals surface area contributed by atoms with Crippen molar-refractivity contribution >= 4 is 28.4 Å². The van der Waals surface area contributed by atoms with E-state index in [9.17, 15) is 4.79 Å². The van der Waals surface area contributed by atoms with Gasteiger partial charge in [-0.1, -0.05) is 38.5 Å². The third-order valence-corrected chi connectivity index (χ3v) is 9.16. The summed E-state index contributed by atoms with van der Waals surface area (Å²) in [5.41, 5.74) is 2.96. The minimum Gasteiger partial charge on any atom is -0.369 e. The average Bonchev–Trinajstić information content (AvgIpc) is 2.95. The van der Waals surface area contributed by atoms with Crippen LogP contribution in [0.3, 0.4) is 0 Å². The number of likely N-dealkylation sites (N-methyl/N-ethyl adjacent to an activating group) is 1. The lowest BCUT2D eigenvalue weighted by Crippen LogP contribution is -2.49. The molecule has 2 aliphatic carbocycles. The second kappa shape index (κ2) is 10.4. The predicted molar refractivity (Wildman–Crippen MR) is 151 cm³/mol. The van der Waals surface area contributed by atoms with Crippen LogP contribution in [0.15, 0.2) is 47.4 Å². The molecule has 37 heavy (non-hydrogen) atoms. The van der Waals surface area contributed by atoms with E-state index >= 15 is 0 Å². The van der Waals surface area contributed by atoms with Crippen molar-refractivity contribution in [1.29, 1.82) is 0 Å². The Labute approximate surface area is 219 Å². The molecule has 2 aromatic heterocycles. The van der Waals surface area contributed by atoms with E-state index in [1.54, 1.807) is 6.07 Å². The van der Waals surface area contributed by atoms with E-state index in [4.69, 9.17) is 4.98 Å². The summed E-state index contributed by atoms with van der Waals surface area (Å²) in [6.45, 7) is 4.29. The molecular formula is C30H40N6O. The summed E-state index contributed by atoms with van der Waals surface area (Å²) >= 11 is 0. The third-order valence-electron chi connectivity index (χ3n) is 9.16. The van der Waals surface area contributed by atoms with Gasteiger partial charge in [0.2, 0.25) is 5.95 Å². The van der Waals surface area contributed by atoms with Crippen molar-refractivity contribution in [3.63, 3.8) is 0 Å². The lowest BCUT2D eigenvalue weighted by molar-refractivity contribution is 0.0776. The fourth-order valence-corrected chi connectivity index (χ4v) is 7.08. The zero-order valence-electron chi connectivity index (χ0n) is 22.2. The zero-order valence-corrected chi connectivity index (χ0v) is 22.2. The van der Waals surface area contributed by atoms with E-state index in [1.165, 1.54) is 57.1 Å². The normalized spacial score (nSPS) is 21.3. The predicted octanol–water partition coefficient (Wildman–Crippen LogP) is 5.53. The molecule has 2 saturated carbocycles. The van der Waals surface area contributed by atoms with E-state index in [0.29, 0.717) is 11.9 Å². The van der Waals surface area contributed by atoms with Crippen molar-refractivity contribution < 1.29 is 0 Å². The van der Waals surface area contributed by atoms with Crippen LogP contribution in [0.1, 0.15) is 64.2 Å². The molecule has 0 amide bonds. The molecule has 1 aliphatic heterocycles. The summed E-state index contributed by atoms with van der Waals surface area (Å²) in [5, 5.41) is 4.35. The van der Waals surface area contributed by atoms with Gasteiger partial charge in [-0.15, -0.1) is 0 Å². The molecule has 0 unspecified atom stereocenters. The summed E-state index contributed by atoms with van der Waals surface area (Å²) < 4.78 is 2.10. The number of nitrogens with zero attached hydrogens (tertiary/aromatic N) is 5.